The zero-order valence-corrected chi connectivity index (χ0v) is 20.6. The van der Waals surface area contributed by atoms with Gasteiger partial charge in [0.1, 0.15) is 17.1 Å². The number of methoxy groups -OCH3 is 2. The monoisotopic (exact) mass is 494 g/mol. The van der Waals surface area contributed by atoms with Crippen molar-refractivity contribution in [2.45, 2.75) is 29.6 Å². The summed E-state index contributed by atoms with van der Waals surface area (Å²) in [5.41, 5.74) is -0.208. The van der Waals surface area contributed by atoms with Crippen LogP contribution in [0.2, 0.25) is 0 Å². The summed E-state index contributed by atoms with van der Waals surface area (Å²) in [4.78, 5) is 13.9. The van der Waals surface area contributed by atoms with Crippen LogP contribution >= 0.6 is 0 Å². The molecule has 1 heterocycles. The molecule has 1 aliphatic rings. The molecule has 0 amide bonds. The number of phenolic OH excluding ortho intramolecular Hbond substituents is 1. The lowest BCUT2D eigenvalue weighted by molar-refractivity contribution is 0.0984. The average Bonchev–Trinajstić information content (AvgIpc) is 2.83. The third kappa shape index (κ3) is 4.49. The summed E-state index contributed by atoms with van der Waals surface area (Å²) in [6, 6.07) is 15.2. The highest BCUT2D eigenvalue weighted by Crippen LogP contribution is 2.42. The maximum Gasteiger partial charge on any atom is 0.192 e. The zero-order valence-electron chi connectivity index (χ0n) is 19.8. The Hall–Kier alpha value is -3.78. The molecule has 0 bridgehead atoms. The highest BCUT2D eigenvalue weighted by molar-refractivity contribution is 7.92. The SMILES string of the molecule is COc1ccc(C(C(=O)c2ccc3c(c2O)C=CC(C)(C)O3)S(=O)(=O)c2ccccc2)cc1OC. The van der Waals surface area contributed by atoms with Crippen LogP contribution in [0.3, 0.4) is 0 Å². The van der Waals surface area contributed by atoms with E-state index in [0.29, 0.717) is 17.1 Å². The number of Topliss-reactive ketones (excluding diaryl/α,β-unsaturated/α-hetero) is 1. The Labute approximate surface area is 204 Å². The number of ether oxygens (including phenoxy) is 3. The molecule has 0 radical (unpaired) electrons. The Morgan fingerprint density at radius 3 is 2.31 bits per heavy atom. The van der Waals surface area contributed by atoms with E-state index in [4.69, 9.17) is 14.2 Å². The van der Waals surface area contributed by atoms with Crippen molar-refractivity contribution in [1.82, 2.24) is 0 Å². The third-order valence-corrected chi connectivity index (χ3v) is 7.83. The van der Waals surface area contributed by atoms with Crippen molar-refractivity contribution in [3.8, 4) is 23.0 Å². The van der Waals surface area contributed by atoms with E-state index in [1.54, 1.807) is 42.5 Å². The number of hydrogen-bond donors (Lipinski definition) is 1. The molecule has 0 aliphatic carbocycles. The molecule has 8 heteroatoms. The van der Waals surface area contributed by atoms with Crippen molar-refractivity contribution in [2.24, 2.45) is 0 Å². The number of benzene rings is 3. The summed E-state index contributed by atoms with van der Waals surface area (Å²) in [6.07, 6.45) is 3.43. The van der Waals surface area contributed by atoms with E-state index in [0.717, 1.165) is 0 Å². The van der Waals surface area contributed by atoms with E-state index in [9.17, 15) is 18.3 Å². The van der Waals surface area contributed by atoms with Crippen LogP contribution in [-0.4, -0.2) is 39.1 Å². The highest BCUT2D eigenvalue weighted by atomic mass is 32.2. The minimum absolute atomic E-state index is 0.0180. The van der Waals surface area contributed by atoms with Crippen molar-refractivity contribution in [3.63, 3.8) is 0 Å². The van der Waals surface area contributed by atoms with E-state index in [-0.39, 0.29) is 27.5 Å². The fraction of sp³-hybridized carbons (Fsp3) is 0.222. The molecule has 0 saturated heterocycles. The molecule has 3 aromatic carbocycles. The summed E-state index contributed by atoms with van der Waals surface area (Å²) in [7, 11) is -1.32. The first-order valence-electron chi connectivity index (χ1n) is 10.9. The molecule has 1 unspecified atom stereocenters. The van der Waals surface area contributed by atoms with Gasteiger partial charge in [0.25, 0.3) is 0 Å². The van der Waals surface area contributed by atoms with Crippen molar-refractivity contribution < 1.29 is 32.5 Å². The van der Waals surface area contributed by atoms with Crippen LogP contribution in [-0.2, 0) is 9.84 Å². The second-order valence-corrected chi connectivity index (χ2v) is 10.7. The van der Waals surface area contributed by atoms with E-state index >= 15 is 0 Å². The number of rotatable bonds is 7. The molecule has 1 aliphatic heterocycles. The van der Waals surface area contributed by atoms with Crippen LogP contribution in [0.25, 0.3) is 6.08 Å². The molecule has 0 saturated carbocycles. The molecule has 1 N–H and O–H groups in total. The predicted octanol–water partition coefficient (Wildman–Crippen LogP) is 4.99. The van der Waals surface area contributed by atoms with Crippen LogP contribution in [0.5, 0.6) is 23.0 Å². The molecule has 0 aromatic heterocycles. The number of fused-ring (bicyclic) bond motifs is 1. The van der Waals surface area contributed by atoms with Gasteiger partial charge in [-0.3, -0.25) is 4.79 Å². The fourth-order valence-electron chi connectivity index (χ4n) is 4.01. The molecule has 1 atom stereocenters. The van der Waals surface area contributed by atoms with E-state index in [1.807, 2.05) is 13.8 Å². The highest BCUT2D eigenvalue weighted by Gasteiger charge is 2.38. The van der Waals surface area contributed by atoms with Gasteiger partial charge in [0, 0.05) is 0 Å². The van der Waals surface area contributed by atoms with Crippen molar-refractivity contribution in [1.29, 1.82) is 0 Å². The van der Waals surface area contributed by atoms with Gasteiger partial charge in [-0.15, -0.1) is 0 Å². The topological polar surface area (TPSA) is 99.1 Å². The largest absolute Gasteiger partial charge is 0.506 e. The first kappa shape index (κ1) is 24.3. The average molecular weight is 495 g/mol. The molecule has 182 valence electrons. The number of carbonyl (C=O) groups is 1. The van der Waals surface area contributed by atoms with Gasteiger partial charge in [0.05, 0.1) is 30.2 Å². The molecule has 0 fully saturated rings. The number of aromatic hydroxyl groups is 1. The third-order valence-electron chi connectivity index (χ3n) is 5.80. The standard InChI is InChI=1S/C27H26O7S/c1-27(2)15-14-19-21(34-27)13-11-20(24(19)28)25(29)26(35(30,31)18-8-6-5-7-9-18)17-10-12-22(32-3)23(16-17)33-4/h5-16,26,28H,1-4H3. The smallest absolute Gasteiger partial charge is 0.192 e. The summed E-state index contributed by atoms with van der Waals surface area (Å²) in [6.45, 7) is 3.73. The molecule has 3 aromatic rings. The zero-order chi connectivity index (χ0) is 25.4. The van der Waals surface area contributed by atoms with E-state index in [1.165, 1.54) is 44.6 Å². The first-order chi connectivity index (χ1) is 16.6. The number of sulfone groups is 1. The van der Waals surface area contributed by atoms with Gasteiger partial charge in [-0.1, -0.05) is 24.3 Å². The Morgan fingerprint density at radius 2 is 1.66 bits per heavy atom. The molecule has 0 spiro atoms. The Bertz CT molecular complexity index is 1410. The van der Waals surface area contributed by atoms with Crippen molar-refractivity contribution in [2.75, 3.05) is 14.2 Å². The van der Waals surface area contributed by atoms with Gasteiger partial charge in [0.15, 0.2) is 32.4 Å². The number of phenols is 1. The Balaban J connectivity index is 1.89. The molecule has 4 rings (SSSR count). The van der Waals surface area contributed by atoms with Crippen LogP contribution in [0.4, 0.5) is 0 Å². The van der Waals surface area contributed by atoms with Gasteiger partial charge < -0.3 is 19.3 Å². The Morgan fingerprint density at radius 1 is 0.971 bits per heavy atom. The quantitative estimate of drug-likeness (QED) is 0.462. The normalized spacial score (nSPS) is 15.0. The second kappa shape index (κ2) is 9.11. The van der Waals surface area contributed by atoms with E-state index in [2.05, 4.69) is 0 Å². The fourth-order valence-corrected chi connectivity index (χ4v) is 5.74. The van der Waals surface area contributed by atoms with Gasteiger partial charge >= 0.3 is 0 Å². The van der Waals surface area contributed by atoms with Gasteiger partial charge in [-0.2, -0.15) is 0 Å². The van der Waals surface area contributed by atoms with Gasteiger partial charge in [-0.25, -0.2) is 8.42 Å². The maximum absolute atomic E-state index is 13.9. The van der Waals surface area contributed by atoms with Gasteiger partial charge in [0.2, 0.25) is 0 Å². The number of ketones is 1. The Kier molecular flexibility index (Phi) is 6.34. The molecule has 7 nitrogen and oxygen atoms in total. The number of hydrogen-bond acceptors (Lipinski definition) is 7. The number of carbonyl (C=O) groups excluding carboxylic acids is 1. The first-order valence-corrected chi connectivity index (χ1v) is 12.4. The summed E-state index contributed by atoms with van der Waals surface area (Å²) >= 11 is 0. The second-order valence-electron chi connectivity index (χ2n) is 8.63. The lowest BCUT2D eigenvalue weighted by atomic mass is 9.95. The van der Waals surface area contributed by atoms with Crippen LogP contribution in [0.15, 0.2) is 71.6 Å². The summed E-state index contributed by atoms with van der Waals surface area (Å²) in [5.74, 6) is -0.0481. The summed E-state index contributed by atoms with van der Waals surface area (Å²) in [5, 5.41) is 9.36. The summed E-state index contributed by atoms with van der Waals surface area (Å²) < 4.78 is 44.0. The van der Waals surface area contributed by atoms with Crippen molar-refractivity contribution >= 4 is 21.7 Å². The lowest BCUT2D eigenvalue weighted by Gasteiger charge is -2.28. The molecule has 35 heavy (non-hydrogen) atoms. The van der Waals surface area contributed by atoms with Gasteiger partial charge in [-0.05, 0) is 68.0 Å². The van der Waals surface area contributed by atoms with E-state index < -0.39 is 26.5 Å². The minimum Gasteiger partial charge on any atom is -0.506 e. The van der Waals surface area contributed by atoms with Crippen LogP contribution < -0.4 is 14.2 Å². The van der Waals surface area contributed by atoms with Crippen LogP contribution in [0, 0.1) is 0 Å². The van der Waals surface area contributed by atoms with Crippen LogP contribution in [0.1, 0.15) is 40.6 Å². The predicted molar refractivity (Wildman–Crippen MR) is 132 cm³/mol. The molecular formula is C27H26O7S. The minimum atomic E-state index is -4.21. The molecular weight excluding hydrogens is 468 g/mol. The maximum atomic E-state index is 13.9. The lowest BCUT2D eigenvalue weighted by Crippen LogP contribution is -2.28. The van der Waals surface area contributed by atoms with Crippen molar-refractivity contribution in [3.05, 3.63) is 83.4 Å².